The van der Waals surface area contributed by atoms with Crippen LogP contribution in [0.15, 0.2) is 12.3 Å². The molecule has 8 nitrogen and oxygen atoms in total. The molecule has 3 aliphatic rings. The molecule has 4 atom stereocenters. The van der Waals surface area contributed by atoms with E-state index < -0.39 is 29.4 Å². The van der Waals surface area contributed by atoms with E-state index in [2.05, 4.69) is 5.10 Å². The van der Waals surface area contributed by atoms with Crippen molar-refractivity contribution in [2.24, 2.45) is 5.92 Å². The molecule has 4 rings (SSSR count). The van der Waals surface area contributed by atoms with Gasteiger partial charge in [-0.25, -0.2) is 4.68 Å². The van der Waals surface area contributed by atoms with Crippen molar-refractivity contribution in [2.45, 2.75) is 56.3 Å². The van der Waals surface area contributed by atoms with Crippen LogP contribution in [0.5, 0.6) is 0 Å². The number of aliphatic carboxylic acids is 2. The third-order valence-electron chi connectivity index (χ3n) is 5.91. The lowest BCUT2D eigenvalue weighted by molar-refractivity contribution is -0.148. The molecule has 3 fully saturated rings. The van der Waals surface area contributed by atoms with Gasteiger partial charge in [0.1, 0.15) is 11.8 Å². The quantitative estimate of drug-likeness (QED) is 0.851. The van der Waals surface area contributed by atoms with Crippen LogP contribution < -0.4 is 0 Å². The van der Waals surface area contributed by atoms with Gasteiger partial charge >= 0.3 is 11.9 Å². The summed E-state index contributed by atoms with van der Waals surface area (Å²) in [7, 11) is 0. The number of fused-ring (bicyclic) bond motifs is 1. The molecule has 0 amide bonds. The molecule has 0 aliphatic carbocycles. The molecule has 136 valence electrons. The summed E-state index contributed by atoms with van der Waals surface area (Å²) in [6.07, 6.45) is 6.11. The summed E-state index contributed by atoms with van der Waals surface area (Å²) in [5.41, 5.74) is -0.439. The number of carboxylic acids is 2. The van der Waals surface area contributed by atoms with E-state index in [1.165, 1.54) is 0 Å². The van der Waals surface area contributed by atoms with Gasteiger partial charge in [-0.05, 0) is 44.6 Å². The number of hydrogen-bond acceptors (Lipinski definition) is 5. The van der Waals surface area contributed by atoms with Gasteiger partial charge in [-0.3, -0.25) is 14.5 Å². The van der Waals surface area contributed by atoms with Crippen LogP contribution in [0.1, 0.15) is 56.5 Å². The van der Waals surface area contributed by atoms with E-state index in [-0.39, 0.29) is 12.6 Å². The van der Waals surface area contributed by atoms with Gasteiger partial charge in [0, 0.05) is 19.3 Å². The molecule has 25 heavy (non-hydrogen) atoms. The molecule has 2 N–H and O–H groups in total. The SMILES string of the molecule is O=C(O)[C@H]1C[C@@]2(C(=O)O)CCCN2[C@H]1c1ccn(C2CCCCO2)n1. The van der Waals surface area contributed by atoms with Gasteiger partial charge in [-0.1, -0.05) is 0 Å². The van der Waals surface area contributed by atoms with Crippen molar-refractivity contribution >= 4 is 11.9 Å². The first-order chi connectivity index (χ1) is 12.0. The highest BCUT2D eigenvalue weighted by Crippen LogP contribution is 2.51. The van der Waals surface area contributed by atoms with Crippen molar-refractivity contribution < 1.29 is 24.5 Å². The number of carboxylic acid groups (broad SMARTS) is 2. The average Bonchev–Trinajstić information content (AvgIpc) is 3.29. The van der Waals surface area contributed by atoms with Gasteiger partial charge in [-0.2, -0.15) is 5.10 Å². The van der Waals surface area contributed by atoms with Gasteiger partial charge in [0.05, 0.1) is 17.7 Å². The summed E-state index contributed by atoms with van der Waals surface area (Å²) in [6.45, 7) is 1.29. The maximum atomic E-state index is 11.9. The molecule has 0 saturated carbocycles. The van der Waals surface area contributed by atoms with E-state index in [1.807, 2.05) is 17.2 Å². The normalized spacial score (nSPS) is 35.6. The number of carbonyl (C=O) groups is 2. The first-order valence-corrected chi connectivity index (χ1v) is 8.92. The van der Waals surface area contributed by atoms with E-state index in [4.69, 9.17) is 4.74 Å². The van der Waals surface area contributed by atoms with Gasteiger partial charge < -0.3 is 14.9 Å². The second-order valence-corrected chi connectivity index (χ2v) is 7.27. The van der Waals surface area contributed by atoms with Crippen molar-refractivity contribution in [1.82, 2.24) is 14.7 Å². The van der Waals surface area contributed by atoms with Crippen molar-refractivity contribution in [1.29, 1.82) is 0 Å². The van der Waals surface area contributed by atoms with E-state index in [9.17, 15) is 19.8 Å². The Morgan fingerprint density at radius 1 is 1.28 bits per heavy atom. The Labute approximate surface area is 145 Å². The van der Waals surface area contributed by atoms with Crippen LogP contribution in [0.4, 0.5) is 0 Å². The fourth-order valence-corrected chi connectivity index (χ4v) is 4.73. The molecular formula is C17H23N3O5. The van der Waals surface area contributed by atoms with E-state index in [1.54, 1.807) is 4.68 Å². The molecule has 3 aliphatic heterocycles. The van der Waals surface area contributed by atoms with Gasteiger partial charge in [0.15, 0.2) is 0 Å². The van der Waals surface area contributed by atoms with Crippen LogP contribution in [0.2, 0.25) is 0 Å². The third kappa shape index (κ3) is 2.55. The summed E-state index contributed by atoms with van der Waals surface area (Å²) in [6, 6.07) is 1.32. The zero-order chi connectivity index (χ0) is 17.6. The number of aromatic nitrogens is 2. The molecule has 3 saturated heterocycles. The van der Waals surface area contributed by atoms with Crippen molar-refractivity contribution in [3.05, 3.63) is 18.0 Å². The molecule has 1 aromatic rings. The number of hydrogen-bond donors (Lipinski definition) is 2. The minimum atomic E-state index is -1.07. The first-order valence-electron chi connectivity index (χ1n) is 8.92. The molecule has 8 heteroatoms. The summed E-state index contributed by atoms with van der Waals surface area (Å²) in [5.74, 6) is -2.63. The van der Waals surface area contributed by atoms with Crippen LogP contribution in [0.25, 0.3) is 0 Å². The smallest absolute Gasteiger partial charge is 0.324 e. The second-order valence-electron chi connectivity index (χ2n) is 7.27. The summed E-state index contributed by atoms with van der Waals surface area (Å²) in [4.78, 5) is 25.6. The van der Waals surface area contributed by atoms with Crippen LogP contribution in [-0.2, 0) is 14.3 Å². The topological polar surface area (TPSA) is 105 Å². The lowest BCUT2D eigenvalue weighted by Crippen LogP contribution is -2.46. The highest BCUT2D eigenvalue weighted by molar-refractivity contribution is 5.83. The minimum absolute atomic E-state index is 0.116. The predicted molar refractivity (Wildman–Crippen MR) is 85.9 cm³/mol. The Balaban J connectivity index is 1.66. The van der Waals surface area contributed by atoms with E-state index in [0.717, 1.165) is 25.7 Å². The van der Waals surface area contributed by atoms with Crippen LogP contribution >= 0.6 is 0 Å². The molecule has 0 bridgehead atoms. The van der Waals surface area contributed by atoms with Gasteiger partial charge in [0.25, 0.3) is 0 Å². The van der Waals surface area contributed by atoms with Crippen molar-refractivity contribution in [3.63, 3.8) is 0 Å². The summed E-state index contributed by atoms with van der Waals surface area (Å²) >= 11 is 0. The first kappa shape index (κ1) is 16.5. The van der Waals surface area contributed by atoms with E-state index in [0.29, 0.717) is 25.3 Å². The Morgan fingerprint density at radius 3 is 2.80 bits per heavy atom. The maximum Gasteiger partial charge on any atom is 0.324 e. The van der Waals surface area contributed by atoms with Crippen molar-refractivity contribution in [2.75, 3.05) is 13.2 Å². The zero-order valence-corrected chi connectivity index (χ0v) is 14.0. The highest BCUT2D eigenvalue weighted by atomic mass is 16.5. The number of rotatable bonds is 4. The largest absolute Gasteiger partial charge is 0.481 e. The van der Waals surface area contributed by atoms with Gasteiger partial charge in [0.2, 0.25) is 0 Å². The van der Waals surface area contributed by atoms with Crippen LogP contribution in [-0.4, -0.2) is 55.5 Å². The Bertz CT molecular complexity index is 684. The Kier molecular flexibility index (Phi) is 4.04. The standard InChI is InChI=1S/C17H23N3O5/c21-15(22)11-10-17(16(23)24)6-3-7-19(17)14(11)12-5-8-20(18-12)13-4-1-2-9-25-13/h5,8,11,13-14H,1-4,6-7,9-10H2,(H,21,22)(H,23,24)/t11-,13?,14+,17+/m0/s1. The fourth-order valence-electron chi connectivity index (χ4n) is 4.73. The minimum Gasteiger partial charge on any atom is -0.481 e. The predicted octanol–water partition coefficient (Wildman–Crippen LogP) is 1.65. The Morgan fingerprint density at radius 2 is 2.12 bits per heavy atom. The molecule has 0 spiro atoms. The molecular weight excluding hydrogens is 326 g/mol. The monoisotopic (exact) mass is 349 g/mol. The number of nitrogens with zero attached hydrogens (tertiary/aromatic N) is 3. The summed E-state index contributed by atoms with van der Waals surface area (Å²) < 4.78 is 7.49. The van der Waals surface area contributed by atoms with E-state index >= 15 is 0 Å². The molecule has 1 unspecified atom stereocenters. The molecule has 4 heterocycles. The van der Waals surface area contributed by atoms with Gasteiger partial charge in [-0.15, -0.1) is 0 Å². The van der Waals surface area contributed by atoms with Crippen molar-refractivity contribution in [3.8, 4) is 0 Å². The molecule has 0 aromatic carbocycles. The fraction of sp³-hybridized carbons (Fsp3) is 0.706. The second kappa shape index (κ2) is 6.10. The van der Waals surface area contributed by atoms with Crippen LogP contribution in [0.3, 0.4) is 0 Å². The lowest BCUT2D eigenvalue weighted by atomic mass is 9.88. The third-order valence-corrected chi connectivity index (χ3v) is 5.91. The number of ether oxygens (including phenoxy) is 1. The average molecular weight is 349 g/mol. The molecule has 1 aromatic heterocycles. The summed E-state index contributed by atoms with van der Waals surface area (Å²) in [5, 5.41) is 24.0. The Hall–Kier alpha value is -1.93. The molecule has 0 radical (unpaired) electrons. The maximum absolute atomic E-state index is 11.9. The highest BCUT2D eigenvalue weighted by Gasteiger charge is 2.61. The van der Waals surface area contributed by atoms with Crippen LogP contribution in [0, 0.1) is 5.92 Å². The zero-order valence-electron chi connectivity index (χ0n) is 14.0. The lowest BCUT2D eigenvalue weighted by Gasteiger charge is -2.30.